The number of carbonyl (C=O) groups is 2. The Hall–Kier alpha value is -2.48. The minimum absolute atomic E-state index is 0.00514. The Morgan fingerprint density at radius 1 is 1.15 bits per heavy atom. The molecule has 0 bridgehead atoms. The third kappa shape index (κ3) is 5.01. The first-order chi connectivity index (χ1) is 12.5. The van der Waals surface area contributed by atoms with Crippen molar-refractivity contribution in [3.63, 3.8) is 0 Å². The summed E-state index contributed by atoms with van der Waals surface area (Å²) in [5.74, 6) is -1.04. The Bertz CT molecular complexity index is 767. The van der Waals surface area contributed by atoms with E-state index >= 15 is 0 Å². The van der Waals surface area contributed by atoms with Crippen molar-refractivity contribution in [3.8, 4) is 0 Å². The van der Waals surface area contributed by atoms with Gasteiger partial charge in [0.2, 0.25) is 5.13 Å². The lowest BCUT2D eigenvalue weighted by molar-refractivity contribution is -0.142. The molecule has 0 unspecified atom stereocenters. The number of carboxylic acids is 1. The first-order valence-corrected chi connectivity index (χ1v) is 9.49. The van der Waals surface area contributed by atoms with E-state index in [0.717, 1.165) is 10.6 Å². The highest BCUT2D eigenvalue weighted by atomic mass is 32.1. The van der Waals surface area contributed by atoms with E-state index in [-0.39, 0.29) is 18.0 Å². The standard InChI is InChI=1S/C18H22N4O3S/c1-11-2-4-12(5-3-11)10-15-21-22-18(26-15)20-17(25)19-14-8-6-13(7-9-14)16(23)24/h2-5,13-14H,6-10H2,1H3,(H,23,24)(H2,19,20,22,25). The van der Waals surface area contributed by atoms with Crippen LogP contribution in [-0.2, 0) is 11.2 Å². The predicted octanol–water partition coefficient (Wildman–Crippen LogP) is 3.20. The summed E-state index contributed by atoms with van der Waals surface area (Å²) < 4.78 is 0. The summed E-state index contributed by atoms with van der Waals surface area (Å²) in [6, 6.07) is 7.92. The van der Waals surface area contributed by atoms with Gasteiger partial charge >= 0.3 is 12.0 Å². The lowest BCUT2D eigenvalue weighted by Crippen LogP contribution is -2.40. The van der Waals surface area contributed by atoms with Crippen molar-refractivity contribution in [2.45, 2.75) is 45.1 Å². The number of amides is 2. The second kappa shape index (κ2) is 8.27. The van der Waals surface area contributed by atoms with E-state index in [1.54, 1.807) is 0 Å². The molecule has 1 heterocycles. The quantitative estimate of drug-likeness (QED) is 0.745. The maximum absolute atomic E-state index is 12.1. The zero-order chi connectivity index (χ0) is 18.5. The first kappa shape index (κ1) is 18.3. The van der Waals surface area contributed by atoms with E-state index in [2.05, 4.69) is 45.1 Å². The molecule has 3 N–H and O–H groups in total. The van der Waals surface area contributed by atoms with E-state index in [0.29, 0.717) is 37.2 Å². The molecule has 0 radical (unpaired) electrons. The molecule has 3 rings (SSSR count). The van der Waals surface area contributed by atoms with Gasteiger partial charge in [0, 0.05) is 12.5 Å². The molecular formula is C18H22N4O3S. The third-order valence-corrected chi connectivity index (χ3v) is 5.41. The van der Waals surface area contributed by atoms with E-state index in [9.17, 15) is 9.59 Å². The average Bonchev–Trinajstić information content (AvgIpc) is 3.04. The lowest BCUT2D eigenvalue weighted by Gasteiger charge is -2.26. The van der Waals surface area contributed by atoms with Crippen LogP contribution < -0.4 is 10.6 Å². The third-order valence-electron chi connectivity index (χ3n) is 4.57. The van der Waals surface area contributed by atoms with Crippen molar-refractivity contribution in [2.24, 2.45) is 5.92 Å². The minimum atomic E-state index is -0.747. The highest BCUT2D eigenvalue weighted by Gasteiger charge is 2.26. The topological polar surface area (TPSA) is 104 Å². The van der Waals surface area contributed by atoms with Gasteiger partial charge in [0.15, 0.2) is 0 Å². The number of hydrogen-bond acceptors (Lipinski definition) is 5. The second-order valence-corrected chi connectivity index (χ2v) is 7.71. The number of aromatic nitrogens is 2. The smallest absolute Gasteiger partial charge is 0.321 e. The molecule has 1 fully saturated rings. The van der Waals surface area contributed by atoms with Crippen LogP contribution in [0.2, 0.25) is 0 Å². The molecule has 1 saturated carbocycles. The Morgan fingerprint density at radius 2 is 1.85 bits per heavy atom. The van der Waals surface area contributed by atoms with Crippen LogP contribution in [0.15, 0.2) is 24.3 Å². The number of carboxylic acid groups (broad SMARTS) is 1. The Balaban J connectivity index is 1.47. The molecule has 0 atom stereocenters. The molecule has 26 heavy (non-hydrogen) atoms. The predicted molar refractivity (Wildman–Crippen MR) is 99.4 cm³/mol. The van der Waals surface area contributed by atoms with Gasteiger partial charge in [-0.2, -0.15) is 0 Å². The fourth-order valence-electron chi connectivity index (χ4n) is 3.06. The molecule has 0 aliphatic heterocycles. The summed E-state index contributed by atoms with van der Waals surface area (Å²) in [6.07, 6.45) is 3.23. The van der Waals surface area contributed by atoms with Gasteiger partial charge in [-0.05, 0) is 38.2 Å². The Labute approximate surface area is 155 Å². The van der Waals surface area contributed by atoms with Gasteiger partial charge < -0.3 is 10.4 Å². The van der Waals surface area contributed by atoms with E-state index in [1.165, 1.54) is 16.9 Å². The number of rotatable bonds is 5. The van der Waals surface area contributed by atoms with Gasteiger partial charge in [-0.3, -0.25) is 10.1 Å². The van der Waals surface area contributed by atoms with Gasteiger partial charge in [-0.1, -0.05) is 41.2 Å². The largest absolute Gasteiger partial charge is 0.481 e. The molecule has 1 aliphatic carbocycles. The van der Waals surface area contributed by atoms with Crippen molar-refractivity contribution in [2.75, 3.05) is 5.32 Å². The zero-order valence-electron chi connectivity index (χ0n) is 14.6. The molecule has 2 aromatic rings. The highest BCUT2D eigenvalue weighted by molar-refractivity contribution is 7.15. The summed E-state index contributed by atoms with van der Waals surface area (Å²) in [5, 5.41) is 24.1. The molecule has 1 aliphatic rings. The summed E-state index contributed by atoms with van der Waals surface area (Å²) in [6.45, 7) is 2.05. The number of aryl methyl sites for hydroxylation is 1. The van der Waals surface area contributed by atoms with Gasteiger partial charge in [0.05, 0.1) is 5.92 Å². The molecule has 1 aromatic heterocycles. The van der Waals surface area contributed by atoms with Crippen LogP contribution in [0.1, 0.15) is 41.8 Å². The average molecular weight is 374 g/mol. The van der Waals surface area contributed by atoms with Crippen LogP contribution in [-0.4, -0.2) is 33.3 Å². The monoisotopic (exact) mass is 374 g/mol. The van der Waals surface area contributed by atoms with E-state index in [4.69, 9.17) is 5.11 Å². The van der Waals surface area contributed by atoms with Crippen LogP contribution in [0.5, 0.6) is 0 Å². The Morgan fingerprint density at radius 3 is 2.50 bits per heavy atom. The molecule has 8 heteroatoms. The highest BCUT2D eigenvalue weighted by Crippen LogP contribution is 2.24. The van der Waals surface area contributed by atoms with Gasteiger partial charge in [0.25, 0.3) is 0 Å². The number of urea groups is 1. The van der Waals surface area contributed by atoms with Gasteiger partial charge in [-0.15, -0.1) is 10.2 Å². The maximum Gasteiger partial charge on any atom is 0.321 e. The van der Waals surface area contributed by atoms with Gasteiger partial charge in [0.1, 0.15) is 5.01 Å². The molecule has 1 aromatic carbocycles. The first-order valence-electron chi connectivity index (χ1n) is 8.68. The van der Waals surface area contributed by atoms with Crippen LogP contribution in [0.3, 0.4) is 0 Å². The van der Waals surface area contributed by atoms with Crippen molar-refractivity contribution < 1.29 is 14.7 Å². The number of nitrogens with zero attached hydrogens (tertiary/aromatic N) is 2. The number of benzene rings is 1. The van der Waals surface area contributed by atoms with Crippen molar-refractivity contribution in [1.29, 1.82) is 0 Å². The summed E-state index contributed by atoms with van der Waals surface area (Å²) in [4.78, 5) is 23.1. The summed E-state index contributed by atoms with van der Waals surface area (Å²) in [7, 11) is 0. The number of hydrogen-bond donors (Lipinski definition) is 3. The molecule has 7 nitrogen and oxygen atoms in total. The molecule has 0 spiro atoms. The van der Waals surface area contributed by atoms with Crippen molar-refractivity contribution in [3.05, 3.63) is 40.4 Å². The fraction of sp³-hybridized carbons (Fsp3) is 0.444. The summed E-state index contributed by atoms with van der Waals surface area (Å²) in [5.41, 5.74) is 2.36. The molecular weight excluding hydrogens is 352 g/mol. The fourth-order valence-corrected chi connectivity index (χ4v) is 3.83. The Kier molecular flexibility index (Phi) is 5.82. The maximum atomic E-state index is 12.1. The van der Waals surface area contributed by atoms with E-state index < -0.39 is 5.97 Å². The number of aliphatic carboxylic acids is 1. The van der Waals surface area contributed by atoms with Crippen molar-refractivity contribution in [1.82, 2.24) is 15.5 Å². The van der Waals surface area contributed by atoms with E-state index in [1.807, 2.05) is 6.92 Å². The number of carbonyl (C=O) groups excluding carboxylic acids is 1. The normalized spacial score (nSPS) is 19.7. The zero-order valence-corrected chi connectivity index (χ0v) is 15.4. The molecule has 138 valence electrons. The van der Waals surface area contributed by atoms with Crippen LogP contribution in [0.4, 0.5) is 9.93 Å². The summed E-state index contributed by atoms with van der Waals surface area (Å²) >= 11 is 1.35. The lowest BCUT2D eigenvalue weighted by atomic mass is 9.86. The number of nitrogens with one attached hydrogen (secondary N) is 2. The SMILES string of the molecule is Cc1ccc(Cc2nnc(NC(=O)NC3CCC(C(=O)O)CC3)s2)cc1. The molecule has 2 amide bonds. The second-order valence-electron chi connectivity index (χ2n) is 6.65. The molecule has 0 saturated heterocycles. The van der Waals surface area contributed by atoms with Crippen LogP contribution in [0, 0.1) is 12.8 Å². The van der Waals surface area contributed by atoms with Gasteiger partial charge in [-0.25, -0.2) is 4.79 Å². The van der Waals surface area contributed by atoms with Crippen molar-refractivity contribution >= 4 is 28.5 Å². The number of anilines is 1. The van der Waals surface area contributed by atoms with Crippen LogP contribution >= 0.6 is 11.3 Å². The minimum Gasteiger partial charge on any atom is -0.481 e. The van der Waals surface area contributed by atoms with Crippen LogP contribution in [0.25, 0.3) is 0 Å².